The maximum absolute atomic E-state index is 11.9. The molecule has 4 N–H and O–H groups in total. The average molecular weight is 375 g/mol. The van der Waals surface area contributed by atoms with Gasteiger partial charge in [-0.3, -0.25) is 18.1 Å². The Kier molecular flexibility index (Phi) is 5.02. The van der Waals surface area contributed by atoms with Crippen LogP contribution in [-0.2, 0) is 22.9 Å². The molecule has 138 valence electrons. The number of aliphatic hydroxyl groups excluding tert-OH is 2. The van der Waals surface area contributed by atoms with Crippen LogP contribution in [0.25, 0.3) is 11.2 Å². The fourth-order valence-corrected chi connectivity index (χ4v) is 3.19. The number of hydrogen-bond donors (Lipinski definition) is 3. The number of fused-ring (bicyclic) bond motifs is 1. The number of phosphoric acid groups is 1. The summed E-state index contributed by atoms with van der Waals surface area (Å²) < 4.78 is 33.3. The normalized spacial score (nSPS) is 27.2. The highest BCUT2D eigenvalue weighted by molar-refractivity contribution is 7.48. The molecule has 1 aliphatic rings. The van der Waals surface area contributed by atoms with Crippen molar-refractivity contribution in [2.75, 3.05) is 26.6 Å². The summed E-state index contributed by atoms with van der Waals surface area (Å²) in [5.74, 6) is 0.179. The van der Waals surface area contributed by atoms with Gasteiger partial charge in [0.2, 0.25) is 0 Å². The number of imidazole rings is 1. The lowest BCUT2D eigenvalue weighted by Crippen LogP contribution is -2.33. The second-order valence-electron chi connectivity index (χ2n) is 5.24. The van der Waals surface area contributed by atoms with Gasteiger partial charge in [0.25, 0.3) is 0 Å². The first-order chi connectivity index (χ1) is 11.9. The molecule has 0 unspecified atom stereocenters. The number of nitrogens with zero attached hydrogens (tertiary/aromatic N) is 4. The van der Waals surface area contributed by atoms with Gasteiger partial charge in [0, 0.05) is 14.2 Å². The third-order valence-corrected chi connectivity index (χ3v) is 5.20. The molecule has 13 heteroatoms. The first kappa shape index (κ1) is 18.1. The fraction of sp³-hybridized carbons (Fsp3) is 0.583. The molecule has 2 aromatic heterocycles. The van der Waals surface area contributed by atoms with Crippen molar-refractivity contribution in [3.8, 4) is 0 Å². The molecule has 0 spiro atoms. The molecule has 3 rings (SSSR count). The van der Waals surface area contributed by atoms with Crippen LogP contribution in [0.4, 0.5) is 5.82 Å². The first-order valence-corrected chi connectivity index (χ1v) is 8.67. The SMILES string of the molecule is COP(=O)(OC)OC[C@H]1O[C@@H](n2cnc3c(N)ncnc32)[C@@H](O)[C@@H]1O. The summed E-state index contributed by atoms with van der Waals surface area (Å²) >= 11 is 0. The topological polar surface area (TPSA) is 164 Å². The predicted molar refractivity (Wildman–Crippen MR) is 83.2 cm³/mol. The number of ether oxygens (including phenoxy) is 1. The Hall–Kier alpha value is -1.66. The van der Waals surface area contributed by atoms with Gasteiger partial charge in [0.15, 0.2) is 17.7 Å². The van der Waals surface area contributed by atoms with Gasteiger partial charge in [-0.25, -0.2) is 19.5 Å². The number of nitrogens with two attached hydrogens (primary N) is 1. The van der Waals surface area contributed by atoms with E-state index in [4.69, 9.17) is 15.0 Å². The molecule has 0 radical (unpaired) electrons. The van der Waals surface area contributed by atoms with Gasteiger partial charge in [-0.15, -0.1) is 0 Å². The van der Waals surface area contributed by atoms with E-state index in [-0.39, 0.29) is 12.4 Å². The molecule has 12 nitrogen and oxygen atoms in total. The molecule has 25 heavy (non-hydrogen) atoms. The van der Waals surface area contributed by atoms with Crippen LogP contribution in [0.2, 0.25) is 0 Å². The molecule has 0 amide bonds. The molecule has 1 aliphatic heterocycles. The van der Waals surface area contributed by atoms with E-state index in [1.807, 2.05) is 0 Å². The second-order valence-corrected chi connectivity index (χ2v) is 7.12. The van der Waals surface area contributed by atoms with Crippen LogP contribution in [0.5, 0.6) is 0 Å². The van der Waals surface area contributed by atoms with E-state index in [1.54, 1.807) is 0 Å². The smallest absolute Gasteiger partial charge is 0.387 e. The van der Waals surface area contributed by atoms with Crippen LogP contribution >= 0.6 is 7.82 Å². The summed E-state index contributed by atoms with van der Waals surface area (Å²) in [7, 11) is -1.41. The van der Waals surface area contributed by atoms with Gasteiger partial charge >= 0.3 is 7.82 Å². The third-order valence-electron chi connectivity index (χ3n) is 3.84. The Labute approximate surface area is 142 Å². The van der Waals surface area contributed by atoms with Crippen molar-refractivity contribution >= 4 is 24.8 Å². The molecule has 0 aromatic carbocycles. The van der Waals surface area contributed by atoms with Crippen molar-refractivity contribution in [3.63, 3.8) is 0 Å². The van der Waals surface area contributed by atoms with Gasteiger partial charge in [0.05, 0.1) is 12.9 Å². The minimum absolute atomic E-state index is 0.179. The number of rotatable bonds is 6. The van der Waals surface area contributed by atoms with Crippen molar-refractivity contribution in [1.29, 1.82) is 0 Å². The van der Waals surface area contributed by atoms with Crippen molar-refractivity contribution in [1.82, 2.24) is 19.5 Å². The Morgan fingerprint density at radius 2 is 2.00 bits per heavy atom. The van der Waals surface area contributed by atoms with Crippen molar-refractivity contribution in [3.05, 3.63) is 12.7 Å². The zero-order valence-electron chi connectivity index (χ0n) is 13.4. The van der Waals surface area contributed by atoms with E-state index < -0.39 is 32.4 Å². The Morgan fingerprint density at radius 1 is 1.28 bits per heavy atom. The summed E-state index contributed by atoms with van der Waals surface area (Å²) in [4.78, 5) is 12.0. The molecule has 0 bridgehead atoms. The first-order valence-electron chi connectivity index (χ1n) is 7.21. The molecule has 2 aromatic rings. The molecular formula is C12H18N5O7P. The number of anilines is 1. The van der Waals surface area contributed by atoms with E-state index in [9.17, 15) is 14.8 Å². The molecule has 0 aliphatic carbocycles. The Morgan fingerprint density at radius 3 is 2.68 bits per heavy atom. The summed E-state index contributed by atoms with van der Waals surface area (Å²) in [6.45, 7) is -0.322. The van der Waals surface area contributed by atoms with E-state index in [1.165, 1.54) is 17.2 Å². The lowest BCUT2D eigenvalue weighted by atomic mass is 10.1. The standard InChI is InChI=1S/C12H18N5O7P/c1-21-25(20,22-2)23-3-6-8(18)9(19)12(24-6)17-5-16-7-10(13)14-4-15-11(7)17/h4-6,8-9,12,18-19H,3H2,1-2H3,(H2,13,14,15)/t6-,8-,9+,12-/m1/s1. The van der Waals surface area contributed by atoms with Crippen molar-refractivity contribution in [2.45, 2.75) is 24.5 Å². The summed E-state index contributed by atoms with van der Waals surface area (Å²) in [6.07, 6.45) is -1.95. The van der Waals surface area contributed by atoms with Crippen molar-refractivity contribution < 1.29 is 33.1 Å². The van der Waals surface area contributed by atoms with Crippen molar-refractivity contribution in [2.24, 2.45) is 0 Å². The van der Waals surface area contributed by atoms with Gasteiger partial charge in [-0.1, -0.05) is 0 Å². The minimum Gasteiger partial charge on any atom is -0.387 e. The highest BCUT2D eigenvalue weighted by Crippen LogP contribution is 2.48. The highest BCUT2D eigenvalue weighted by atomic mass is 31.2. The third kappa shape index (κ3) is 3.25. The van der Waals surface area contributed by atoms with Gasteiger partial charge in [-0.2, -0.15) is 0 Å². The van der Waals surface area contributed by atoms with Gasteiger partial charge in [0.1, 0.15) is 30.2 Å². The molecule has 0 saturated carbocycles. The summed E-state index contributed by atoms with van der Waals surface area (Å²) in [5, 5.41) is 20.5. The van der Waals surface area contributed by atoms with Gasteiger partial charge in [-0.05, 0) is 0 Å². The van der Waals surface area contributed by atoms with Crippen LogP contribution < -0.4 is 5.73 Å². The summed E-state index contributed by atoms with van der Waals surface area (Å²) in [6, 6.07) is 0. The maximum Gasteiger partial charge on any atom is 0.474 e. The number of aliphatic hydroxyl groups is 2. The number of nitrogen functional groups attached to an aromatic ring is 1. The molecule has 3 heterocycles. The van der Waals surface area contributed by atoms with E-state index in [0.717, 1.165) is 14.2 Å². The molecule has 4 atom stereocenters. The van der Waals surface area contributed by atoms with Crippen LogP contribution in [0.15, 0.2) is 12.7 Å². The van der Waals surface area contributed by atoms with E-state index in [2.05, 4.69) is 24.0 Å². The Balaban J connectivity index is 1.80. The monoisotopic (exact) mass is 375 g/mol. The predicted octanol–water partition coefficient (Wildman–Crippen LogP) is -0.555. The number of aromatic nitrogens is 4. The second kappa shape index (κ2) is 6.92. The fourth-order valence-electron chi connectivity index (χ4n) is 2.50. The molecular weight excluding hydrogens is 357 g/mol. The molecule has 1 saturated heterocycles. The number of hydrogen-bond acceptors (Lipinski definition) is 11. The maximum atomic E-state index is 11.9. The average Bonchev–Trinajstić information content (AvgIpc) is 3.16. The zero-order chi connectivity index (χ0) is 18.2. The lowest BCUT2D eigenvalue weighted by Gasteiger charge is -2.18. The number of phosphoric ester groups is 1. The lowest BCUT2D eigenvalue weighted by molar-refractivity contribution is -0.0514. The minimum atomic E-state index is -3.73. The zero-order valence-corrected chi connectivity index (χ0v) is 14.3. The van der Waals surface area contributed by atoms with Crippen LogP contribution in [0.1, 0.15) is 6.23 Å². The highest BCUT2D eigenvalue weighted by Gasteiger charge is 2.45. The van der Waals surface area contributed by atoms with Crippen LogP contribution in [0, 0.1) is 0 Å². The van der Waals surface area contributed by atoms with Crippen LogP contribution in [-0.4, -0.2) is 68.9 Å². The quantitative estimate of drug-likeness (QED) is 0.555. The largest absolute Gasteiger partial charge is 0.474 e. The van der Waals surface area contributed by atoms with Crippen LogP contribution in [0.3, 0.4) is 0 Å². The van der Waals surface area contributed by atoms with E-state index >= 15 is 0 Å². The Bertz CT molecular complexity index is 793. The molecule has 1 fully saturated rings. The van der Waals surface area contributed by atoms with E-state index in [0.29, 0.717) is 11.2 Å². The summed E-state index contributed by atoms with van der Waals surface area (Å²) in [5.41, 5.74) is 6.41. The van der Waals surface area contributed by atoms with Gasteiger partial charge < -0.3 is 20.7 Å².